The largest absolute Gasteiger partial charge is 0.373 e. The summed E-state index contributed by atoms with van der Waals surface area (Å²) < 4.78 is 0. The summed E-state index contributed by atoms with van der Waals surface area (Å²) in [7, 11) is 5.46. The molecule has 1 heterocycles. The van der Waals surface area contributed by atoms with Gasteiger partial charge in [0.1, 0.15) is 17.5 Å². The minimum Gasteiger partial charge on any atom is -0.373 e. The van der Waals surface area contributed by atoms with Gasteiger partial charge in [-0.25, -0.2) is 9.97 Å². The molecule has 1 rings (SSSR count). The highest BCUT2D eigenvalue weighted by Crippen LogP contribution is 2.23. The molecule has 6 nitrogen and oxygen atoms in total. The summed E-state index contributed by atoms with van der Waals surface area (Å²) in [4.78, 5) is 22.5. The molecule has 0 unspecified atom stereocenters. The lowest BCUT2D eigenvalue weighted by molar-refractivity contribution is -0.120. The van der Waals surface area contributed by atoms with Crippen molar-refractivity contribution < 1.29 is 4.79 Å². The first-order valence-electron chi connectivity index (χ1n) is 7.00. The lowest BCUT2D eigenvalue weighted by Crippen LogP contribution is -2.28. The van der Waals surface area contributed by atoms with Gasteiger partial charge in [-0.15, -0.1) is 0 Å². The SMILES string of the molecule is CCCc1nc(NC)c(C)c(N(C)CCC(=O)NC)n1. The summed E-state index contributed by atoms with van der Waals surface area (Å²) in [5.41, 5.74) is 1.01. The summed E-state index contributed by atoms with van der Waals surface area (Å²) in [6.45, 7) is 4.73. The fourth-order valence-electron chi connectivity index (χ4n) is 2.00. The van der Waals surface area contributed by atoms with Gasteiger partial charge < -0.3 is 15.5 Å². The van der Waals surface area contributed by atoms with Crippen LogP contribution in [-0.4, -0.2) is 43.6 Å². The third-order valence-electron chi connectivity index (χ3n) is 3.19. The first kappa shape index (κ1) is 16.2. The Morgan fingerprint density at radius 2 is 2.00 bits per heavy atom. The van der Waals surface area contributed by atoms with Crippen LogP contribution in [0.3, 0.4) is 0 Å². The van der Waals surface area contributed by atoms with Crippen LogP contribution < -0.4 is 15.5 Å². The highest BCUT2D eigenvalue weighted by Gasteiger charge is 2.14. The average Bonchev–Trinajstić information content (AvgIpc) is 2.46. The predicted molar refractivity (Wildman–Crippen MR) is 82.3 cm³/mol. The van der Waals surface area contributed by atoms with Crippen molar-refractivity contribution in [3.05, 3.63) is 11.4 Å². The van der Waals surface area contributed by atoms with Gasteiger partial charge >= 0.3 is 0 Å². The van der Waals surface area contributed by atoms with Gasteiger partial charge in [-0.2, -0.15) is 0 Å². The number of rotatable bonds is 7. The van der Waals surface area contributed by atoms with Gasteiger partial charge in [0.25, 0.3) is 0 Å². The van der Waals surface area contributed by atoms with Crippen LogP contribution in [0.15, 0.2) is 0 Å². The quantitative estimate of drug-likeness (QED) is 0.788. The van der Waals surface area contributed by atoms with E-state index < -0.39 is 0 Å². The lowest BCUT2D eigenvalue weighted by atomic mass is 10.2. The zero-order valence-corrected chi connectivity index (χ0v) is 13.1. The van der Waals surface area contributed by atoms with Crippen molar-refractivity contribution in [2.45, 2.75) is 33.1 Å². The normalized spacial score (nSPS) is 10.2. The summed E-state index contributed by atoms with van der Waals surface area (Å²) in [5.74, 6) is 2.61. The zero-order valence-electron chi connectivity index (χ0n) is 13.1. The van der Waals surface area contributed by atoms with E-state index in [4.69, 9.17) is 0 Å². The number of hydrogen-bond donors (Lipinski definition) is 2. The number of aromatic nitrogens is 2. The van der Waals surface area contributed by atoms with Crippen molar-refractivity contribution >= 4 is 17.5 Å². The van der Waals surface area contributed by atoms with Gasteiger partial charge in [-0.3, -0.25) is 4.79 Å². The zero-order chi connectivity index (χ0) is 15.1. The molecule has 112 valence electrons. The minimum absolute atomic E-state index is 0.0335. The Morgan fingerprint density at radius 1 is 1.30 bits per heavy atom. The molecular weight excluding hydrogens is 254 g/mol. The molecule has 0 spiro atoms. The highest BCUT2D eigenvalue weighted by atomic mass is 16.1. The lowest BCUT2D eigenvalue weighted by Gasteiger charge is -2.22. The highest BCUT2D eigenvalue weighted by molar-refractivity contribution is 5.76. The summed E-state index contributed by atoms with van der Waals surface area (Å²) in [5, 5.41) is 5.74. The molecule has 0 radical (unpaired) electrons. The van der Waals surface area contributed by atoms with Gasteiger partial charge in [0.05, 0.1) is 0 Å². The molecule has 0 bridgehead atoms. The van der Waals surface area contributed by atoms with E-state index in [2.05, 4.69) is 27.5 Å². The Kier molecular flexibility index (Phi) is 6.21. The molecule has 2 N–H and O–H groups in total. The van der Waals surface area contributed by atoms with E-state index in [-0.39, 0.29) is 5.91 Å². The Balaban J connectivity index is 2.96. The van der Waals surface area contributed by atoms with Crippen LogP contribution in [0.5, 0.6) is 0 Å². The molecular formula is C14H25N5O. The Labute approximate surface area is 121 Å². The number of hydrogen-bond acceptors (Lipinski definition) is 5. The minimum atomic E-state index is 0.0335. The summed E-state index contributed by atoms with van der Waals surface area (Å²) in [6.07, 6.45) is 2.31. The number of anilines is 2. The van der Waals surface area contributed by atoms with Crippen LogP contribution in [0.25, 0.3) is 0 Å². The Hall–Kier alpha value is -1.85. The molecule has 0 atom stereocenters. The maximum Gasteiger partial charge on any atom is 0.221 e. The molecule has 0 aromatic carbocycles. The van der Waals surface area contributed by atoms with Gasteiger partial charge in [0, 0.05) is 46.1 Å². The molecule has 6 heteroatoms. The second-order valence-electron chi connectivity index (χ2n) is 4.78. The molecule has 0 aliphatic rings. The van der Waals surface area contributed by atoms with Gasteiger partial charge in [-0.05, 0) is 13.3 Å². The van der Waals surface area contributed by atoms with Crippen molar-refractivity contribution in [2.24, 2.45) is 0 Å². The Morgan fingerprint density at radius 3 is 2.55 bits per heavy atom. The van der Waals surface area contributed by atoms with Crippen molar-refractivity contribution in [1.29, 1.82) is 0 Å². The van der Waals surface area contributed by atoms with E-state index in [1.807, 2.05) is 25.9 Å². The topological polar surface area (TPSA) is 70.2 Å². The fraction of sp³-hybridized carbons (Fsp3) is 0.643. The molecule has 1 aromatic heterocycles. The predicted octanol–water partition coefficient (Wildman–Crippen LogP) is 1.35. The fourth-order valence-corrected chi connectivity index (χ4v) is 2.00. The summed E-state index contributed by atoms with van der Waals surface area (Å²) >= 11 is 0. The molecule has 0 fully saturated rings. The number of nitrogens with zero attached hydrogens (tertiary/aromatic N) is 3. The maximum atomic E-state index is 11.3. The molecule has 20 heavy (non-hydrogen) atoms. The number of carbonyl (C=O) groups is 1. The number of carbonyl (C=O) groups excluding carboxylic acids is 1. The van der Waals surface area contributed by atoms with Crippen LogP contribution in [0.2, 0.25) is 0 Å². The van der Waals surface area contributed by atoms with E-state index in [0.29, 0.717) is 13.0 Å². The molecule has 1 aromatic rings. The third kappa shape index (κ3) is 4.08. The maximum absolute atomic E-state index is 11.3. The second kappa shape index (κ2) is 7.67. The van der Waals surface area contributed by atoms with E-state index in [1.54, 1.807) is 7.05 Å². The van der Waals surface area contributed by atoms with Gasteiger partial charge in [0.15, 0.2) is 0 Å². The summed E-state index contributed by atoms with van der Waals surface area (Å²) in [6, 6.07) is 0. The van der Waals surface area contributed by atoms with Crippen molar-refractivity contribution in [3.8, 4) is 0 Å². The number of nitrogens with one attached hydrogen (secondary N) is 2. The van der Waals surface area contributed by atoms with E-state index in [1.165, 1.54) is 0 Å². The molecule has 0 aliphatic carbocycles. The average molecular weight is 279 g/mol. The second-order valence-corrected chi connectivity index (χ2v) is 4.78. The van der Waals surface area contributed by atoms with Crippen LogP contribution in [0.4, 0.5) is 11.6 Å². The standard InChI is InChI=1S/C14H25N5O/c1-6-7-11-17-13(16-4)10(2)14(18-11)19(5)9-8-12(20)15-3/h6-9H2,1-5H3,(H,15,20)(H,16,17,18). The monoisotopic (exact) mass is 279 g/mol. The molecule has 0 aliphatic heterocycles. The van der Waals surface area contributed by atoms with Crippen LogP contribution in [0, 0.1) is 6.92 Å². The Bertz CT molecular complexity index is 461. The van der Waals surface area contributed by atoms with Crippen LogP contribution in [0.1, 0.15) is 31.2 Å². The van der Waals surface area contributed by atoms with Gasteiger partial charge in [0.2, 0.25) is 5.91 Å². The van der Waals surface area contributed by atoms with Gasteiger partial charge in [-0.1, -0.05) is 6.92 Å². The first-order valence-corrected chi connectivity index (χ1v) is 7.00. The molecule has 0 saturated heterocycles. The van der Waals surface area contributed by atoms with E-state index >= 15 is 0 Å². The molecule has 1 amide bonds. The van der Waals surface area contributed by atoms with Crippen LogP contribution in [-0.2, 0) is 11.2 Å². The smallest absolute Gasteiger partial charge is 0.221 e. The van der Waals surface area contributed by atoms with E-state index in [0.717, 1.165) is 35.9 Å². The van der Waals surface area contributed by atoms with Crippen molar-refractivity contribution in [1.82, 2.24) is 15.3 Å². The number of amides is 1. The third-order valence-corrected chi connectivity index (χ3v) is 3.19. The number of aryl methyl sites for hydroxylation is 1. The molecule has 0 saturated carbocycles. The van der Waals surface area contributed by atoms with Crippen molar-refractivity contribution in [2.75, 3.05) is 37.9 Å². The first-order chi connectivity index (χ1) is 9.53. The van der Waals surface area contributed by atoms with Crippen molar-refractivity contribution in [3.63, 3.8) is 0 Å². The van der Waals surface area contributed by atoms with E-state index in [9.17, 15) is 4.79 Å². The van der Waals surface area contributed by atoms with Crippen LogP contribution >= 0.6 is 0 Å².